The van der Waals surface area contributed by atoms with Crippen LogP contribution >= 0.6 is 0 Å². The number of nitriles is 1. The predicted molar refractivity (Wildman–Crippen MR) is 69.4 cm³/mol. The molecule has 0 bridgehead atoms. The fourth-order valence-corrected chi connectivity index (χ4v) is 2.65. The van der Waals surface area contributed by atoms with Gasteiger partial charge < -0.3 is 5.32 Å². The number of benzene rings is 1. The largest absolute Gasteiger partial charge is 0.310 e. The van der Waals surface area contributed by atoms with Crippen LogP contribution < -0.4 is 5.32 Å². The van der Waals surface area contributed by atoms with E-state index < -0.39 is 0 Å². The molecule has 0 aromatic heterocycles. The van der Waals surface area contributed by atoms with E-state index in [0.29, 0.717) is 11.5 Å². The number of nitrogens with zero attached hydrogens (tertiary/aromatic N) is 1. The van der Waals surface area contributed by atoms with Gasteiger partial charge in [0.2, 0.25) is 0 Å². The Kier molecular flexibility index (Phi) is 3.49. The Bertz CT molecular complexity index is 429. The smallest absolute Gasteiger partial charge is 0.0995 e. The summed E-state index contributed by atoms with van der Waals surface area (Å²) in [5, 5.41) is 12.6. The molecule has 1 aliphatic rings. The Morgan fingerprint density at radius 1 is 1.41 bits per heavy atom. The van der Waals surface area contributed by atoms with Crippen molar-refractivity contribution < 1.29 is 0 Å². The van der Waals surface area contributed by atoms with Crippen molar-refractivity contribution in [3.8, 4) is 6.07 Å². The second-order valence-electron chi connectivity index (χ2n) is 5.75. The first-order valence-corrected chi connectivity index (χ1v) is 6.32. The zero-order valence-corrected chi connectivity index (χ0v) is 10.7. The zero-order chi connectivity index (χ0) is 12.3. The SMILES string of the molecule is CC1(C)CCC(NCc2ccccc2C#N)C1. The fraction of sp³-hybridized carbons (Fsp3) is 0.533. The number of rotatable bonds is 3. The van der Waals surface area contributed by atoms with Gasteiger partial charge in [-0.25, -0.2) is 0 Å². The lowest BCUT2D eigenvalue weighted by atomic mass is 9.92. The monoisotopic (exact) mass is 228 g/mol. The molecule has 17 heavy (non-hydrogen) atoms. The van der Waals surface area contributed by atoms with Crippen LogP contribution in [0.3, 0.4) is 0 Å². The van der Waals surface area contributed by atoms with Gasteiger partial charge in [-0.3, -0.25) is 0 Å². The molecule has 1 saturated carbocycles. The van der Waals surface area contributed by atoms with Crippen molar-refractivity contribution in [1.29, 1.82) is 5.26 Å². The molecule has 1 aliphatic carbocycles. The van der Waals surface area contributed by atoms with Gasteiger partial charge in [-0.1, -0.05) is 32.0 Å². The van der Waals surface area contributed by atoms with Gasteiger partial charge in [0.15, 0.2) is 0 Å². The van der Waals surface area contributed by atoms with Gasteiger partial charge in [-0.2, -0.15) is 5.26 Å². The van der Waals surface area contributed by atoms with E-state index in [4.69, 9.17) is 5.26 Å². The van der Waals surface area contributed by atoms with Crippen LogP contribution in [0.5, 0.6) is 0 Å². The van der Waals surface area contributed by atoms with Crippen molar-refractivity contribution in [3.05, 3.63) is 35.4 Å². The maximum atomic E-state index is 9.02. The van der Waals surface area contributed by atoms with E-state index in [0.717, 1.165) is 17.7 Å². The van der Waals surface area contributed by atoms with E-state index in [1.54, 1.807) is 0 Å². The first-order valence-electron chi connectivity index (χ1n) is 6.32. The highest BCUT2D eigenvalue weighted by molar-refractivity contribution is 5.37. The van der Waals surface area contributed by atoms with Crippen LogP contribution in [0.1, 0.15) is 44.2 Å². The highest BCUT2D eigenvalue weighted by atomic mass is 14.9. The van der Waals surface area contributed by atoms with E-state index in [1.807, 2.05) is 24.3 Å². The van der Waals surface area contributed by atoms with E-state index >= 15 is 0 Å². The highest BCUT2D eigenvalue weighted by Crippen LogP contribution is 2.36. The molecule has 1 unspecified atom stereocenters. The molecule has 90 valence electrons. The van der Waals surface area contributed by atoms with Crippen molar-refractivity contribution in [2.75, 3.05) is 0 Å². The summed E-state index contributed by atoms with van der Waals surface area (Å²) in [6.07, 6.45) is 3.79. The first-order chi connectivity index (χ1) is 8.11. The molecule has 1 atom stereocenters. The topological polar surface area (TPSA) is 35.8 Å². The first kappa shape index (κ1) is 12.1. The summed E-state index contributed by atoms with van der Waals surface area (Å²) in [4.78, 5) is 0. The van der Waals surface area contributed by atoms with Crippen LogP contribution in [0.25, 0.3) is 0 Å². The number of hydrogen-bond donors (Lipinski definition) is 1. The van der Waals surface area contributed by atoms with Gasteiger partial charge in [0, 0.05) is 12.6 Å². The minimum absolute atomic E-state index is 0.479. The van der Waals surface area contributed by atoms with Crippen LogP contribution in [0, 0.1) is 16.7 Å². The lowest BCUT2D eigenvalue weighted by molar-refractivity contribution is 0.364. The van der Waals surface area contributed by atoms with E-state index in [-0.39, 0.29) is 0 Å². The maximum absolute atomic E-state index is 9.02. The molecule has 0 amide bonds. The zero-order valence-electron chi connectivity index (χ0n) is 10.7. The molecule has 0 saturated heterocycles. The van der Waals surface area contributed by atoms with Crippen LogP contribution in [0.15, 0.2) is 24.3 Å². The van der Waals surface area contributed by atoms with Gasteiger partial charge in [-0.05, 0) is 36.3 Å². The lowest BCUT2D eigenvalue weighted by Crippen LogP contribution is -2.27. The second-order valence-corrected chi connectivity index (χ2v) is 5.75. The molecule has 0 spiro atoms. The van der Waals surface area contributed by atoms with Gasteiger partial charge in [0.1, 0.15) is 0 Å². The minimum atomic E-state index is 0.479. The highest BCUT2D eigenvalue weighted by Gasteiger charge is 2.30. The fourth-order valence-electron chi connectivity index (χ4n) is 2.65. The molecule has 0 radical (unpaired) electrons. The van der Waals surface area contributed by atoms with Crippen LogP contribution in [-0.2, 0) is 6.54 Å². The van der Waals surface area contributed by atoms with Crippen molar-refractivity contribution in [2.24, 2.45) is 5.41 Å². The summed E-state index contributed by atoms with van der Waals surface area (Å²) in [6, 6.07) is 10.7. The van der Waals surface area contributed by atoms with Crippen LogP contribution in [-0.4, -0.2) is 6.04 Å². The van der Waals surface area contributed by atoms with Crippen molar-refractivity contribution in [1.82, 2.24) is 5.32 Å². The normalized spacial score (nSPS) is 22.3. The molecule has 2 nitrogen and oxygen atoms in total. The average Bonchev–Trinajstić information content (AvgIpc) is 2.67. The third kappa shape index (κ3) is 3.08. The van der Waals surface area contributed by atoms with E-state index in [9.17, 15) is 0 Å². The number of nitrogens with one attached hydrogen (secondary N) is 1. The van der Waals surface area contributed by atoms with Gasteiger partial charge in [0.25, 0.3) is 0 Å². The molecule has 1 fully saturated rings. The Morgan fingerprint density at radius 2 is 2.18 bits per heavy atom. The van der Waals surface area contributed by atoms with E-state index in [1.165, 1.54) is 19.3 Å². The number of hydrogen-bond acceptors (Lipinski definition) is 2. The van der Waals surface area contributed by atoms with Crippen molar-refractivity contribution in [2.45, 2.75) is 45.7 Å². The van der Waals surface area contributed by atoms with Crippen molar-refractivity contribution in [3.63, 3.8) is 0 Å². The Labute approximate surface area is 104 Å². The molecule has 2 heteroatoms. The summed E-state index contributed by atoms with van der Waals surface area (Å²) in [5.74, 6) is 0. The van der Waals surface area contributed by atoms with Crippen LogP contribution in [0.2, 0.25) is 0 Å². The van der Waals surface area contributed by atoms with Crippen molar-refractivity contribution >= 4 is 0 Å². The standard InChI is InChI=1S/C15H20N2/c1-15(2)8-7-14(9-15)17-11-13-6-4-3-5-12(13)10-16/h3-6,14,17H,7-9,11H2,1-2H3. The van der Waals surface area contributed by atoms with E-state index in [2.05, 4.69) is 25.2 Å². The molecule has 0 aliphatic heterocycles. The molecule has 1 N–H and O–H groups in total. The maximum Gasteiger partial charge on any atom is 0.0995 e. The Morgan fingerprint density at radius 3 is 2.82 bits per heavy atom. The van der Waals surface area contributed by atoms with Gasteiger partial charge in [0.05, 0.1) is 11.6 Å². The third-order valence-electron chi connectivity index (χ3n) is 3.69. The third-order valence-corrected chi connectivity index (χ3v) is 3.69. The predicted octanol–water partition coefficient (Wildman–Crippen LogP) is 3.23. The summed E-state index contributed by atoms with van der Waals surface area (Å²) < 4.78 is 0. The quantitative estimate of drug-likeness (QED) is 0.862. The van der Waals surface area contributed by atoms with Crippen LogP contribution in [0.4, 0.5) is 0 Å². The second kappa shape index (κ2) is 4.89. The summed E-state index contributed by atoms with van der Waals surface area (Å²) in [5.41, 5.74) is 2.38. The van der Waals surface area contributed by atoms with Gasteiger partial charge in [-0.15, -0.1) is 0 Å². The molecular formula is C15H20N2. The average molecular weight is 228 g/mol. The summed E-state index contributed by atoms with van der Waals surface area (Å²) >= 11 is 0. The molecule has 1 aromatic rings. The van der Waals surface area contributed by atoms with Gasteiger partial charge >= 0.3 is 0 Å². The molecule has 0 heterocycles. The lowest BCUT2D eigenvalue weighted by Gasteiger charge is -2.18. The Balaban J connectivity index is 1.93. The Hall–Kier alpha value is -1.33. The summed E-state index contributed by atoms with van der Waals surface area (Å²) in [7, 11) is 0. The molecule has 1 aromatic carbocycles. The summed E-state index contributed by atoms with van der Waals surface area (Å²) in [6.45, 7) is 5.47. The minimum Gasteiger partial charge on any atom is -0.310 e. The molecular weight excluding hydrogens is 208 g/mol. The molecule has 2 rings (SSSR count).